The monoisotopic (exact) mass is 256 g/mol. The Kier molecular flexibility index (Phi) is 4.14. The molecule has 14 heavy (non-hydrogen) atoms. The van der Waals surface area contributed by atoms with Crippen molar-refractivity contribution in [1.82, 2.24) is 0 Å². The first kappa shape index (κ1) is 11.2. The lowest BCUT2D eigenvalue weighted by Crippen LogP contribution is -2.03. The maximum Gasteiger partial charge on any atom is 0.147 e. The topological polar surface area (TPSA) is 37.3 Å². The van der Waals surface area contributed by atoms with Crippen molar-refractivity contribution in [3.63, 3.8) is 0 Å². The summed E-state index contributed by atoms with van der Waals surface area (Å²) in [7, 11) is 0. The zero-order valence-electron chi connectivity index (χ0n) is 8.09. The molecule has 0 atom stereocenters. The Hall–Kier alpha value is -0.830. The number of Topliss-reactive ketones (excluding diaryl/α,β-unsaturated/α-hetero) is 1. The van der Waals surface area contributed by atoms with E-state index in [9.17, 15) is 9.90 Å². The molecule has 0 aromatic heterocycles. The van der Waals surface area contributed by atoms with Crippen LogP contribution in [0.2, 0.25) is 0 Å². The Labute approximate surface area is 92.1 Å². The van der Waals surface area contributed by atoms with Gasteiger partial charge < -0.3 is 5.11 Å². The van der Waals surface area contributed by atoms with Gasteiger partial charge in [-0.2, -0.15) is 0 Å². The number of aryl methyl sites for hydroxylation is 1. The zero-order chi connectivity index (χ0) is 10.6. The van der Waals surface area contributed by atoms with Crippen LogP contribution in [0, 0.1) is 0 Å². The van der Waals surface area contributed by atoms with Gasteiger partial charge in [-0.05, 0) is 29.7 Å². The molecule has 0 aliphatic rings. The second kappa shape index (κ2) is 5.15. The predicted molar refractivity (Wildman–Crippen MR) is 60.0 cm³/mol. The fourth-order valence-corrected chi connectivity index (χ4v) is 1.52. The summed E-state index contributed by atoms with van der Waals surface area (Å²) in [5, 5.41) is 9.75. The third kappa shape index (κ3) is 3.14. The fraction of sp³-hybridized carbons (Fsp3) is 0.364. The van der Waals surface area contributed by atoms with Crippen molar-refractivity contribution in [3.05, 3.63) is 29.3 Å². The molecule has 3 heteroatoms. The van der Waals surface area contributed by atoms with E-state index in [2.05, 4.69) is 15.9 Å². The molecule has 1 aromatic carbocycles. The van der Waals surface area contributed by atoms with Crippen LogP contribution < -0.4 is 0 Å². The lowest BCUT2D eigenvalue weighted by Gasteiger charge is -2.03. The molecule has 0 saturated carbocycles. The van der Waals surface area contributed by atoms with Crippen LogP contribution in [-0.2, 0) is 17.6 Å². The van der Waals surface area contributed by atoms with Crippen molar-refractivity contribution in [3.8, 4) is 5.75 Å². The number of carbonyl (C=O) groups excluding carboxylic acids is 1. The average Bonchev–Trinajstić information content (AvgIpc) is 2.16. The lowest BCUT2D eigenvalue weighted by molar-refractivity contribution is -0.115. The van der Waals surface area contributed by atoms with Gasteiger partial charge >= 0.3 is 0 Å². The van der Waals surface area contributed by atoms with E-state index in [0.717, 1.165) is 17.5 Å². The number of hydrogen-bond acceptors (Lipinski definition) is 2. The maximum absolute atomic E-state index is 11.2. The molecular weight excluding hydrogens is 244 g/mol. The first-order valence-electron chi connectivity index (χ1n) is 4.55. The molecule has 0 unspecified atom stereocenters. The summed E-state index contributed by atoms with van der Waals surface area (Å²) in [6.07, 6.45) is 1.25. The van der Waals surface area contributed by atoms with Crippen LogP contribution in [0.4, 0.5) is 0 Å². The SMILES string of the molecule is CCc1cc(O)cc(CC(=O)CBr)c1. The number of rotatable bonds is 4. The first-order chi connectivity index (χ1) is 6.65. The Bertz CT molecular complexity index is 334. The highest BCUT2D eigenvalue weighted by Crippen LogP contribution is 2.17. The number of hydrogen-bond donors (Lipinski definition) is 1. The minimum absolute atomic E-state index is 0.123. The molecule has 0 saturated heterocycles. The van der Waals surface area contributed by atoms with Crippen LogP contribution in [0.3, 0.4) is 0 Å². The van der Waals surface area contributed by atoms with Gasteiger partial charge in [-0.25, -0.2) is 0 Å². The van der Waals surface area contributed by atoms with E-state index in [1.807, 2.05) is 13.0 Å². The normalized spacial score (nSPS) is 10.1. The molecule has 0 amide bonds. The highest BCUT2D eigenvalue weighted by Gasteiger charge is 2.04. The molecule has 0 bridgehead atoms. The second-order valence-corrected chi connectivity index (χ2v) is 3.77. The number of benzene rings is 1. The van der Waals surface area contributed by atoms with Gasteiger partial charge in [0.15, 0.2) is 0 Å². The van der Waals surface area contributed by atoms with Gasteiger partial charge in [0.1, 0.15) is 11.5 Å². The summed E-state index contributed by atoms with van der Waals surface area (Å²) in [6, 6.07) is 5.32. The van der Waals surface area contributed by atoms with Crippen LogP contribution >= 0.6 is 15.9 Å². The summed E-state index contributed by atoms with van der Waals surface area (Å²) in [5.74, 6) is 0.361. The van der Waals surface area contributed by atoms with Crippen LogP contribution in [0.1, 0.15) is 18.1 Å². The van der Waals surface area contributed by atoms with Gasteiger partial charge in [-0.15, -0.1) is 0 Å². The number of aromatic hydroxyl groups is 1. The van der Waals surface area contributed by atoms with Gasteiger partial charge in [0.25, 0.3) is 0 Å². The van der Waals surface area contributed by atoms with E-state index in [0.29, 0.717) is 11.8 Å². The Morgan fingerprint density at radius 3 is 2.57 bits per heavy atom. The third-order valence-electron chi connectivity index (χ3n) is 2.00. The van der Waals surface area contributed by atoms with Crippen molar-refractivity contribution in [2.24, 2.45) is 0 Å². The third-order valence-corrected chi connectivity index (χ3v) is 2.62. The largest absolute Gasteiger partial charge is 0.508 e. The standard InChI is InChI=1S/C11H13BrO2/c1-2-8-3-9(5-10(13)4-8)6-11(14)7-12/h3-5,13H,2,6-7H2,1H3. The molecule has 0 radical (unpaired) electrons. The molecular formula is C11H13BrO2. The Morgan fingerprint density at radius 2 is 2.00 bits per heavy atom. The molecule has 0 aliphatic carbocycles. The van der Waals surface area contributed by atoms with Crippen molar-refractivity contribution in [2.75, 3.05) is 5.33 Å². The number of carbonyl (C=O) groups is 1. The number of phenolic OH excluding ortho intramolecular Hbond substituents is 1. The minimum atomic E-state index is 0.123. The van der Waals surface area contributed by atoms with Crippen LogP contribution in [0.15, 0.2) is 18.2 Å². The Morgan fingerprint density at radius 1 is 1.36 bits per heavy atom. The van der Waals surface area contributed by atoms with E-state index in [1.165, 1.54) is 0 Å². The summed E-state index contributed by atoms with van der Waals surface area (Å²) >= 11 is 3.11. The highest BCUT2D eigenvalue weighted by atomic mass is 79.9. The van der Waals surface area contributed by atoms with Crippen molar-refractivity contribution in [2.45, 2.75) is 19.8 Å². The summed E-state index contributed by atoms with van der Waals surface area (Å²) in [5.41, 5.74) is 1.94. The van der Waals surface area contributed by atoms with E-state index in [1.54, 1.807) is 12.1 Å². The molecule has 0 aliphatic heterocycles. The quantitative estimate of drug-likeness (QED) is 0.841. The first-order valence-corrected chi connectivity index (χ1v) is 5.67. The molecule has 76 valence electrons. The summed E-state index contributed by atoms with van der Waals surface area (Å²) in [6.45, 7) is 2.02. The van der Waals surface area contributed by atoms with Crippen molar-refractivity contribution >= 4 is 21.7 Å². The molecule has 1 rings (SSSR count). The van der Waals surface area contributed by atoms with E-state index >= 15 is 0 Å². The molecule has 0 spiro atoms. The molecule has 0 fully saturated rings. The van der Waals surface area contributed by atoms with Crippen molar-refractivity contribution in [1.29, 1.82) is 0 Å². The highest BCUT2D eigenvalue weighted by molar-refractivity contribution is 9.09. The number of ketones is 1. The minimum Gasteiger partial charge on any atom is -0.508 e. The van der Waals surface area contributed by atoms with Gasteiger partial charge in [0.05, 0.1) is 5.33 Å². The van der Waals surface area contributed by atoms with Gasteiger partial charge in [-0.3, -0.25) is 4.79 Å². The molecule has 1 aromatic rings. The lowest BCUT2D eigenvalue weighted by atomic mass is 10.0. The Balaban J connectivity index is 2.86. The van der Waals surface area contributed by atoms with Crippen LogP contribution in [0.25, 0.3) is 0 Å². The van der Waals surface area contributed by atoms with Crippen LogP contribution in [-0.4, -0.2) is 16.2 Å². The molecule has 2 nitrogen and oxygen atoms in total. The number of phenols is 1. The summed E-state index contributed by atoms with van der Waals surface area (Å²) < 4.78 is 0. The van der Waals surface area contributed by atoms with Crippen LogP contribution in [0.5, 0.6) is 5.75 Å². The van der Waals surface area contributed by atoms with Gasteiger partial charge in [0, 0.05) is 6.42 Å². The maximum atomic E-state index is 11.2. The van der Waals surface area contributed by atoms with E-state index < -0.39 is 0 Å². The van der Waals surface area contributed by atoms with Gasteiger partial charge in [0.2, 0.25) is 0 Å². The zero-order valence-corrected chi connectivity index (χ0v) is 9.67. The fourth-order valence-electron chi connectivity index (χ4n) is 1.32. The van der Waals surface area contributed by atoms with E-state index in [4.69, 9.17) is 0 Å². The number of alkyl halides is 1. The number of halogens is 1. The van der Waals surface area contributed by atoms with Gasteiger partial charge in [-0.1, -0.05) is 28.9 Å². The second-order valence-electron chi connectivity index (χ2n) is 3.21. The summed E-state index contributed by atoms with van der Waals surface area (Å²) in [4.78, 5) is 11.2. The van der Waals surface area contributed by atoms with Crippen molar-refractivity contribution < 1.29 is 9.90 Å². The average molecular weight is 257 g/mol. The molecule has 1 N–H and O–H groups in total. The predicted octanol–water partition coefficient (Wildman–Crippen LogP) is 2.46. The smallest absolute Gasteiger partial charge is 0.147 e. The van der Waals surface area contributed by atoms with E-state index in [-0.39, 0.29) is 11.5 Å². The molecule has 0 heterocycles.